The normalized spacial score (nSPS) is 10.2. The Morgan fingerprint density at radius 1 is 1.09 bits per heavy atom. The maximum atomic E-state index is 14.0. The molecule has 0 aliphatic carbocycles. The van der Waals surface area contributed by atoms with E-state index in [0.29, 0.717) is 11.6 Å². The molecule has 0 amide bonds. The number of nitrogens with zero attached hydrogens (tertiary/aromatic N) is 1. The number of benzene rings is 2. The van der Waals surface area contributed by atoms with E-state index in [0.717, 1.165) is 12.1 Å². The maximum Gasteiger partial charge on any atom is 0.269 e. The minimum atomic E-state index is -1.87. The van der Waals surface area contributed by atoms with Crippen LogP contribution < -0.4 is 4.74 Å². The third-order valence-electron chi connectivity index (χ3n) is 2.86. The van der Waals surface area contributed by atoms with E-state index in [1.807, 2.05) is 0 Å². The fraction of sp³-hybridized carbons (Fsp3) is 0.0625. The molecule has 0 N–H and O–H groups in total. The SMILES string of the molecule is C=Nc1ccc(-c2ccc(OCC=C(F)F)cc2F)cc1F. The first-order chi connectivity index (χ1) is 10.5. The van der Waals surface area contributed by atoms with Crippen LogP contribution in [0.15, 0.2) is 53.5 Å². The molecular weight excluding hydrogens is 298 g/mol. The highest BCUT2D eigenvalue weighted by Crippen LogP contribution is 2.29. The minimum Gasteiger partial charge on any atom is -0.489 e. The van der Waals surface area contributed by atoms with Crippen LogP contribution in [0.25, 0.3) is 11.1 Å². The monoisotopic (exact) mass is 309 g/mol. The first-order valence-corrected chi connectivity index (χ1v) is 6.21. The van der Waals surface area contributed by atoms with Gasteiger partial charge in [-0.05, 0) is 36.5 Å². The Hall–Kier alpha value is -2.63. The molecule has 2 rings (SSSR count). The van der Waals surface area contributed by atoms with Crippen LogP contribution in [-0.2, 0) is 0 Å². The quantitative estimate of drug-likeness (QED) is 0.554. The molecule has 2 aromatic carbocycles. The zero-order chi connectivity index (χ0) is 16.1. The number of hydrogen-bond donors (Lipinski definition) is 0. The zero-order valence-corrected chi connectivity index (χ0v) is 11.3. The summed E-state index contributed by atoms with van der Waals surface area (Å²) in [5.41, 5.74) is 0.557. The van der Waals surface area contributed by atoms with E-state index < -0.39 is 17.7 Å². The van der Waals surface area contributed by atoms with Crippen molar-refractivity contribution >= 4 is 12.4 Å². The Morgan fingerprint density at radius 3 is 2.45 bits per heavy atom. The summed E-state index contributed by atoms with van der Waals surface area (Å²) in [4.78, 5) is 3.48. The summed E-state index contributed by atoms with van der Waals surface area (Å²) in [6.45, 7) is 2.86. The van der Waals surface area contributed by atoms with Gasteiger partial charge in [-0.1, -0.05) is 6.07 Å². The van der Waals surface area contributed by atoms with Crippen molar-refractivity contribution < 1.29 is 22.3 Å². The molecule has 0 fully saturated rings. The van der Waals surface area contributed by atoms with Gasteiger partial charge in [-0.25, -0.2) is 8.78 Å². The topological polar surface area (TPSA) is 21.6 Å². The molecule has 22 heavy (non-hydrogen) atoms. The summed E-state index contributed by atoms with van der Waals surface area (Å²) in [5, 5.41) is 0. The Bertz CT molecular complexity index is 724. The second kappa shape index (κ2) is 6.89. The van der Waals surface area contributed by atoms with E-state index in [2.05, 4.69) is 11.7 Å². The van der Waals surface area contributed by atoms with Crippen molar-refractivity contribution in [1.29, 1.82) is 0 Å². The Morgan fingerprint density at radius 2 is 1.86 bits per heavy atom. The zero-order valence-electron chi connectivity index (χ0n) is 11.3. The molecule has 0 atom stereocenters. The summed E-state index contributed by atoms with van der Waals surface area (Å²) in [5.74, 6) is -1.17. The molecule has 0 aliphatic heterocycles. The van der Waals surface area contributed by atoms with Crippen LogP contribution in [0, 0.1) is 11.6 Å². The Kier molecular flexibility index (Phi) is 4.93. The van der Waals surface area contributed by atoms with Gasteiger partial charge >= 0.3 is 0 Å². The molecule has 0 saturated carbocycles. The van der Waals surface area contributed by atoms with Crippen molar-refractivity contribution in [2.75, 3.05) is 6.61 Å². The highest BCUT2D eigenvalue weighted by Gasteiger charge is 2.09. The van der Waals surface area contributed by atoms with Gasteiger partial charge in [0.15, 0.2) is 0 Å². The second-order valence-corrected chi connectivity index (χ2v) is 4.27. The van der Waals surface area contributed by atoms with Crippen LogP contribution in [0.1, 0.15) is 0 Å². The van der Waals surface area contributed by atoms with Gasteiger partial charge < -0.3 is 4.74 Å². The molecule has 2 aromatic rings. The summed E-state index contributed by atoms with van der Waals surface area (Å²) in [6, 6.07) is 7.89. The van der Waals surface area contributed by atoms with E-state index in [9.17, 15) is 17.6 Å². The van der Waals surface area contributed by atoms with E-state index in [1.54, 1.807) is 0 Å². The van der Waals surface area contributed by atoms with Crippen LogP contribution in [0.3, 0.4) is 0 Å². The molecule has 0 bridgehead atoms. The second-order valence-electron chi connectivity index (χ2n) is 4.27. The fourth-order valence-electron chi connectivity index (χ4n) is 1.82. The molecule has 0 aromatic heterocycles. The number of aliphatic imine (C=N–C) groups is 1. The molecular formula is C16H11F4NO. The summed E-state index contributed by atoms with van der Waals surface area (Å²) in [7, 11) is 0. The molecule has 0 spiro atoms. The number of hydrogen-bond acceptors (Lipinski definition) is 2. The molecule has 0 unspecified atom stereocenters. The summed E-state index contributed by atoms with van der Waals surface area (Å²) >= 11 is 0. The van der Waals surface area contributed by atoms with Gasteiger partial charge in [-0.2, -0.15) is 8.78 Å². The van der Waals surface area contributed by atoms with Gasteiger partial charge in [0.2, 0.25) is 0 Å². The molecule has 6 heteroatoms. The highest BCUT2D eigenvalue weighted by molar-refractivity contribution is 5.67. The van der Waals surface area contributed by atoms with Crippen molar-refractivity contribution in [3.8, 4) is 16.9 Å². The smallest absolute Gasteiger partial charge is 0.269 e. The summed E-state index contributed by atoms with van der Waals surface area (Å²) in [6.07, 6.45) is -1.30. The van der Waals surface area contributed by atoms with Gasteiger partial charge in [0.25, 0.3) is 6.08 Å². The molecule has 0 saturated heterocycles. The predicted octanol–water partition coefficient (Wildman–Crippen LogP) is 5.12. The van der Waals surface area contributed by atoms with Crippen LogP contribution in [0.5, 0.6) is 5.75 Å². The van der Waals surface area contributed by atoms with Crippen molar-refractivity contribution in [1.82, 2.24) is 0 Å². The van der Waals surface area contributed by atoms with Crippen molar-refractivity contribution in [3.63, 3.8) is 0 Å². The first kappa shape index (κ1) is 15.8. The average Bonchev–Trinajstić information content (AvgIpc) is 2.47. The van der Waals surface area contributed by atoms with E-state index in [1.165, 1.54) is 24.3 Å². The van der Waals surface area contributed by atoms with E-state index in [4.69, 9.17) is 4.74 Å². The fourth-order valence-corrected chi connectivity index (χ4v) is 1.82. The largest absolute Gasteiger partial charge is 0.489 e. The standard InChI is InChI=1S/C16H11F4NO/c1-21-15-5-2-10(8-14(15)18)12-4-3-11(9-13(12)17)22-7-6-16(19)20/h2-6,8-9H,1,7H2. The molecule has 0 aliphatic rings. The molecule has 2 nitrogen and oxygen atoms in total. The molecule has 0 radical (unpaired) electrons. The number of halogens is 4. The third-order valence-corrected chi connectivity index (χ3v) is 2.86. The predicted molar refractivity (Wildman–Crippen MR) is 76.8 cm³/mol. The van der Waals surface area contributed by atoms with Crippen molar-refractivity contribution in [2.24, 2.45) is 4.99 Å². The number of rotatable bonds is 5. The lowest BCUT2D eigenvalue weighted by Gasteiger charge is -2.08. The Labute approximate surface area is 124 Å². The average molecular weight is 309 g/mol. The lowest BCUT2D eigenvalue weighted by Crippen LogP contribution is -1.95. The van der Waals surface area contributed by atoms with Crippen LogP contribution >= 0.6 is 0 Å². The van der Waals surface area contributed by atoms with Crippen molar-refractivity contribution in [2.45, 2.75) is 0 Å². The Balaban J connectivity index is 2.24. The highest BCUT2D eigenvalue weighted by atomic mass is 19.3. The minimum absolute atomic E-state index is 0.0733. The first-order valence-electron chi connectivity index (χ1n) is 6.21. The molecule has 0 heterocycles. The van der Waals surface area contributed by atoms with Crippen LogP contribution in [-0.4, -0.2) is 13.3 Å². The van der Waals surface area contributed by atoms with Gasteiger partial charge in [-0.3, -0.25) is 4.99 Å². The van der Waals surface area contributed by atoms with Gasteiger partial charge in [0.1, 0.15) is 24.0 Å². The third kappa shape index (κ3) is 3.72. The van der Waals surface area contributed by atoms with E-state index >= 15 is 0 Å². The van der Waals surface area contributed by atoms with Crippen LogP contribution in [0.4, 0.5) is 23.2 Å². The number of ether oxygens (including phenoxy) is 1. The van der Waals surface area contributed by atoms with Crippen molar-refractivity contribution in [3.05, 3.63) is 60.2 Å². The van der Waals surface area contributed by atoms with Crippen LogP contribution in [0.2, 0.25) is 0 Å². The lowest BCUT2D eigenvalue weighted by atomic mass is 10.0. The van der Waals surface area contributed by atoms with Gasteiger partial charge in [0, 0.05) is 17.7 Å². The van der Waals surface area contributed by atoms with E-state index in [-0.39, 0.29) is 23.6 Å². The van der Waals surface area contributed by atoms with Gasteiger partial charge in [0.05, 0.1) is 5.69 Å². The lowest BCUT2D eigenvalue weighted by molar-refractivity contribution is 0.343. The summed E-state index contributed by atoms with van der Waals surface area (Å²) < 4.78 is 56.3. The maximum absolute atomic E-state index is 14.0. The molecule has 114 valence electrons. The van der Waals surface area contributed by atoms with Gasteiger partial charge in [-0.15, -0.1) is 0 Å².